The molecule has 0 aromatic heterocycles. The monoisotopic (exact) mass is 280 g/mol. The first-order valence-corrected chi connectivity index (χ1v) is 8.74. The van der Waals surface area contributed by atoms with Gasteiger partial charge in [-0.25, -0.2) is 0 Å². The molecule has 0 bridgehead atoms. The van der Waals surface area contributed by atoms with Crippen molar-refractivity contribution in [2.24, 2.45) is 17.6 Å². The predicted octanol–water partition coefficient (Wildman–Crippen LogP) is 3.32. The van der Waals surface area contributed by atoms with Crippen molar-refractivity contribution < 1.29 is 4.79 Å². The third-order valence-corrected chi connectivity index (χ3v) is 5.30. The van der Waals surface area contributed by atoms with E-state index in [9.17, 15) is 4.79 Å². The summed E-state index contributed by atoms with van der Waals surface area (Å²) < 4.78 is 0. The molecule has 3 nitrogen and oxygen atoms in total. The first-order valence-electron chi connectivity index (χ1n) is 8.74. The molecule has 3 heteroatoms. The van der Waals surface area contributed by atoms with Crippen molar-refractivity contribution in [3.8, 4) is 0 Å². The minimum atomic E-state index is 0.257. The van der Waals surface area contributed by atoms with Gasteiger partial charge >= 0.3 is 0 Å². The second kappa shape index (κ2) is 8.02. The highest BCUT2D eigenvalue weighted by Gasteiger charge is 2.27. The molecule has 2 aliphatic rings. The van der Waals surface area contributed by atoms with Gasteiger partial charge in [0.2, 0.25) is 5.91 Å². The zero-order chi connectivity index (χ0) is 14.4. The van der Waals surface area contributed by atoms with Crippen LogP contribution in [0.25, 0.3) is 0 Å². The molecule has 1 saturated carbocycles. The van der Waals surface area contributed by atoms with Crippen molar-refractivity contribution in [1.29, 1.82) is 0 Å². The normalized spacial score (nSPS) is 31.9. The van der Waals surface area contributed by atoms with Crippen LogP contribution in [0.4, 0.5) is 0 Å². The molecule has 0 aromatic rings. The number of nitrogens with two attached hydrogens (primary N) is 1. The van der Waals surface area contributed by atoms with E-state index in [0.29, 0.717) is 18.2 Å². The standard InChI is InChI=1S/C17H32N2O/c1-2-6-14-7-5-11-19(12-10-14)17(20)13-15-8-3-4-9-16(15)18/h14-16H,2-13,18H2,1H3. The summed E-state index contributed by atoms with van der Waals surface area (Å²) in [5, 5.41) is 0. The highest BCUT2D eigenvalue weighted by Crippen LogP contribution is 2.27. The predicted molar refractivity (Wildman–Crippen MR) is 83.4 cm³/mol. The molecule has 3 unspecified atom stereocenters. The Morgan fingerprint density at radius 1 is 1.10 bits per heavy atom. The molecular formula is C17H32N2O. The fourth-order valence-corrected chi connectivity index (χ4v) is 3.95. The largest absolute Gasteiger partial charge is 0.343 e. The Bertz CT molecular complexity index is 305. The van der Waals surface area contributed by atoms with Gasteiger partial charge < -0.3 is 10.6 Å². The minimum absolute atomic E-state index is 0.257. The zero-order valence-electron chi connectivity index (χ0n) is 13.2. The highest BCUT2D eigenvalue weighted by atomic mass is 16.2. The van der Waals surface area contributed by atoms with Crippen molar-refractivity contribution in [2.45, 2.75) is 77.2 Å². The molecule has 1 saturated heterocycles. The number of carbonyl (C=O) groups is 1. The van der Waals surface area contributed by atoms with Crippen molar-refractivity contribution in [3.63, 3.8) is 0 Å². The van der Waals surface area contributed by atoms with Crippen LogP contribution in [0.15, 0.2) is 0 Å². The molecule has 1 aliphatic heterocycles. The Morgan fingerprint density at radius 2 is 1.90 bits per heavy atom. The molecule has 0 radical (unpaired) electrons. The molecule has 2 fully saturated rings. The van der Waals surface area contributed by atoms with Gasteiger partial charge in [0.15, 0.2) is 0 Å². The van der Waals surface area contributed by atoms with Crippen LogP contribution in [0, 0.1) is 11.8 Å². The van der Waals surface area contributed by atoms with E-state index < -0.39 is 0 Å². The van der Waals surface area contributed by atoms with Gasteiger partial charge in [-0.05, 0) is 43.9 Å². The van der Waals surface area contributed by atoms with Gasteiger partial charge in [0, 0.05) is 25.6 Å². The summed E-state index contributed by atoms with van der Waals surface area (Å²) in [7, 11) is 0. The van der Waals surface area contributed by atoms with Crippen LogP contribution < -0.4 is 5.73 Å². The number of hydrogen-bond donors (Lipinski definition) is 1. The molecule has 0 aromatic carbocycles. The lowest BCUT2D eigenvalue weighted by molar-refractivity contribution is -0.132. The van der Waals surface area contributed by atoms with Crippen molar-refractivity contribution >= 4 is 5.91 Å². The SMILES string of the molecule is CCCC1CCCN(C(=O)CC2CCCCC2N)CC1. The van der Waals surface area contributed by atoms with Gasteiger partial charge in [-0.2, -0.15) is 0 Å². The van der Waals surface area contributed by atoms with Crippen LogP contribution in [0.2, 0.25) is 0 Å². The summed E-state index contributed by atoms with van der Waals surface area (Å²) in [5.74, 6) is 1.64. The van der Waals surface area contributed by atoms with Crippen LogP contribution in [-0.4, -0.2) is 29.9 Å². The van der Waals surface area contributed by atoms with E-state index in [1.54, 1.807) is 0 Å². The lowest BCUT2D eigenvalue weighted by atomic mass is 9.82. The number of likely N-dealkylation sites (tertiary alicyclic amines) is 1. The highest BCUT2D eigenvalue weighted by molar-refractivity contribution is 5.76. The van der Waals surface area contributed by atoms with E-state index in [1.165, 1.54) is 44.9 Å². The molecule has 1 aliphatic carbocycles. The molecular weight excluding hydrogens is 248 g/mol. The number of hydrogen-bond acceptors (Lipinski definition) is 2. The van der Waals surface area contributed by atoms with Gasteiger partial charge in [0.05, 0.1) is 0 Å². The molecule has 1 amide bonds. The van der Waals surface area contributed by atoms with E-state index in [1.807, 2.05) is 0 Å². The third-order valence-electron chi connectivity index (χ3n) is 5.30. The third kappa shape index (κ3) is 4.47. The van der Waals surface area contributed by atoms with Crippen LogP contribution in [0.3, 0.4) is 0 Å². The molecule has 0 spiro atoms. The topological polar surface area (TPSA) is 46.3 Å². The van der Waals surface area contributed by atoms with Crippen molar-refractivity contribution in [2.75, 3.05) is 13.1 Å². The van der Waals surface area contributed by atoms with Crippen molar-refractivity contribution in [1.82, 2.24) is 4.90 Å². The Hall–Kier alpha value is -0.570. The summed E-state index contributed by atoms with van der Waals surface area (Å²) in [6.45, 7) is 4.21. The maximum atomic E-state index is 12.5. The molecule has 3 atom stereocenters. The second-order valence-electron chi connectivity index (χ2n) is 6.88. The van der Waals surface area contributed by atoms with Crippen LogP contribution in [0.1, 0.15) is 71.1 Å². The maximum Gasteiger partial charge on any atom is 0.222 e. The number of carbonyl (C=O) groups excluding carboxylic acids is 1. The van der Waals surface area contributed by atoms with Gasteiger partial charge in [0.25, 0.3) is 0 Å². The zero-order valence-corrected chi connectivity index (χ0v) is 13.2. The van der Waals surface area contributed by atoms with Crippen molar-refractivity contribution in [3.05, 3.63) is 0 Å². The molecule has 2 rings (SSSR count). The van der Waals surface area contributed by atoms with Crippen LogP contribution >= 0.6 is 0 Å². The summed E-state index contributed by atoms with van der Waals surface area (Å²) in [6.07, 6.45) is 11.8. The van der Waals surface area contributed by atoms with Gasteiger partial charge in [-0.1, -0.05) is 32.6 Å². The van der Waals surface area contributed by atoms with E-state index in [0.717, 1.165) is 31.8 Å². The Morgan fingerprint density at radius 3 is 2.65 bits per heavy atom. The Balaban J connectivity index is 1.79. The van der Waals surface area contributed by atoms with E-state index in [4.69, 9.17) is 5.73 Å². The van der Waals surface area contributed by atoms with Crippen LogP contribution in [-0.2, 0) is 4.79 Å². The average Bonchev–Trinajstić information content (AvgIpc) is 2.67. The smallest absolute Gasteiger partial charge is 0.222 e. The molecule has 116 valence electrons. The summed E-state index contributed by atoms with van der Waals surface area (Å²) in [4.78, 5) is 14.6. The quantitative estimate of drug-likeness (QED) is 0.858. The average molecular weight is 280 g/mol. The van der Waals surface area contributed by atoms with Gasteiger partial charge in [0.1, 0.15) is 0 Å². The van der Waals surface area contributed by atoms with E-state index in [-0.39, 0.29) is 6.04 Å². The first-order chi connectivity index (χ1) is 9.70. The van der Waals surface area contributed by atoms with Crippen LogP contribution in [0.5, 0.6) is 0 Å². The number of rotatable bonds is 4. The van der Waals surface area contributed by atoms with Gasteiger partial charge in [-0.15, -0.1) is 0 Å². The Labute approximate surface area is 124 Å². The summed E-state index contributed by atoms with van der Waals surface area (Å²) in [6, 6.07) is 0.257. The molecule has 1 heterocycles. The van der Waals surface area contributed by atoms with E-state index >= 15 is 0 Å². The second-order valence-corrected chi connectivity index (χ2v) is 6.88. The fourth-order valence-electron chi connectivity index (χ4n) is 3.95. The lowest BCUT2D eigenvalue weighted by Gasteiger charge is -2.30. The fraction of sp³-hybridized carbons (Fsp3) is 0.941. The summed E-state index contributed by atoms with van der Waals surface area (Å²) >= 11 is 0. The lowest BCUT2D eigenvalue weighted by Crippen LogP contribution is -2.39. The maximum absolute atomic E-state index is 12.5. The Kier molecular flexibility index (Phi) is 6.34. The molecule has 20 heavy (non-hydrogen) atoms. The first kappa shape index (κ1) is 15.8. The summed E-state index contributed by atoms with van der Waals surface area (Å²) in [5.41, 5.74) is 6.18. The molecule has 2 N–H and O–H groups in total. The van der Waals surface area contributed by atoms with Gasteiger partial charge in [-0.3, -0.25) is 4.79 Å². The minimum Gasteiger partial charge on any atom is -0.343 e. The number of nitrogens with zero attached hydrogens (tertiary/aromatic N) is 1. The van der Waals surface area contributed by atoms with E-state index in [2.05, 4.69) is 11.8 Å². The number of amides is 1.